The van der Waals surface area contributed by atoms with E-state index in [1.807, 2.05) is 6.92 Å². The lowest BCUT2D eigenvalue weighted by Gasteiger charge is -2.37. The van der Waals surface area contributed by atoms with Crippen LogP contribution in [0.4, 0.5) is 0 Å². The van der Waals surface area contributed by atoms with Gasteiger partial charge in [-0.25, -0.2) is 5.14 Å². The van der Waals surface area contributed by atoms with E-state index in [0.717, 1.165) is 6.42 Å². The van der Waals surface area contributed by atoms with Crippen molar-refractivity contribution in [1.29, 1.82) is 0 Å². The molecule has 0 aromatic heterocycles. The third kappa shape index (κ3) is 3.44. The second kappa shape index (κ2) is 5.74. The van der Waals surface area contributed by atoms with Gasteiger partial charge in [-0.2, -0.15) is 12.7 Å². The summed E-state index contributed by atoms with van der Waals surface area (Å²) in [6.07, 6.45) is 0.745. The molecule has 1 amide bonds. The SMILES string of the molecule is CC1COCCC1C(=O)N1CCN(S(N)(=O)=O)CC1. The molecular formula is C11H21N3O4S. The van der Waals surface area contributed by atoms with E-state index in [0.29, 0.717) is 26.3 Å². The lowest BCUT2D eigenvalue weighted by atomic mass is 9.88. The Bertz CT molecular complexity index is 431. The topological polar surface area (TPSA) is 92.9 Å². The van der Waals surface area contributed by atoms with E-state index >= 15 is 0 Å². The fraction of sp³-hybridized carbons (Fsp3) is 0.909. The summed E-state index contributed by atoms with van der Waals surface area (Å²) in [4.78, 5) is 14.1. The molecule has 7 nitrogen and oxygen atoms in total. The minimum absolute atomic E-state index is 0.00483. The van der Waals surface area contributed by atoms with Crippen molar-refractivity contribution in [3.63, 3.8) is 0 Å². The molecule has 8 heteroatoms. The van der Waals surface area contributed by atoms with Crippen LogP contribution in [0.15, 0.2) is 0 Å². The molecule has 0 saturated carbocycles. The molecule has 110 valence electrons. The van der Waals surface area contributed by atoms with Crippen molar-refractivity contribution in [3.05, 3.63) is 0 Å². The zero-order chi connectivity index (χ0) is 14.0. The number of rotatable bonds is 2. The molecule has 2 aliphatic heterocycles. The van der Waals surface area contributed by atoms with Crippen molar-refractivity contribution < 1.29 is 17.9 Å². The summed E-state index contributed by atoms with van der Waals surface area (Å²) in [5.41, 5.74) is 0. The number of amides is 1. The number of carbonyl (C=O) groups excluding carboxylic acids is 1. The second-order valence-electron chi connectivity index (χ2n) is 5.22. The van der Waals surface area contributed by atoms with Crippen molar-refractivity contribution in [2.75, 3.05) is 39.4 Å². The van der Waals surface area contributed by atoms with Crippen molar-refractivity contribution in [2.24, 2.45) is 17.0 Å². The molecule has 2 atom stereocenters. The highest BCUT2D eigenvalue weighted by molar-refractivity contribution is 7.86. The van der Waals surface area contributed by atoms with Crippen LogP contribution in [0.1, 0.15) is 13.3 Å². The summed E-state index contributed by atoms with van der Waals surface area (Å²) in [7, 11) is -3.64. The standard InChI is InChI=1S/C11H21N3O4S/c1-9-8-18-7-2-10(9)11(15)13-3-5-14(6-4-13)19(12,16)17/h9-10H,2-8H2,1H3,(H2,12,16,17). The Hall–Kier alpha value is -0.700. The van der Waals surface area contributed by atoms with E-state index in [-0.39, 0.29) is 30.8 Å². The second-order valence-corrected chi connectivity index (χ2v) is 6.76. The van der Waals surface area contributed by atoms with Gasteiger partial charge in [0.05, 0.1) is 0 Å². The van der Waals surface area contributed by atoms with Crippen molar-refractivity contribution in [1.82, 2.24) is 9.21 Å². The molecule has 2 saturated heterocycles. The van der Waals surface area contributed by atoms with E-state index in [1.165, 1.54) is 4.31 Å². The van der Waals surface area contributed by atoms with E-state index in [2.05, 4.69) is 0 Å². The molecule has 19 heavy (non-hydrogen) atoms. The third-order valence-corrected chi connectivity index (χ3v) is 4.95. The Labute approximate surface area is 113 Å². The van der Waals surface area contributed by atoms with Crippen LogP contribution in [0.2, 0.25) is 0 Å². The predicted molar refractivity (Wildman–Crippen MR) is 69.4 cm³/mol. The summed E-state index contributed by atoms with van der Waals surface area (Å²) >= 11 is 0. The average molecular weight is 291 g/mol. The molecule has 0 aliphatic carbocycles. The normalized spacial score (nSPS) is 30.3. The number of carbonyl (C=O) groups is 1. The molecule has 0 aromatic carbocycles. The summed E-state index contributed by atoms with van der Waals surface area (Å²) in [6.45, 7) is 4.65. The van der Waals surface area contributed by atoms with Gasteiger partial charge in [0.1, 0.15) is 0 Å². The molecule has 0 bridgehead atoms. The van der Waals surface area contributed by atoms with Gasteiger partial charge in [-0.15, -0.1) is 0 Å². The number of nitrogens with two attached hydrogens (primary N) is 1. The number of ether oxygens (including phenoxy) is 1. The smallest absolute Gasteiger partial charge is 0.277 e. The molecular weight excluding hydrogens is 270 g/mol. The van der Waals surface area contributed by atoms with Crippen LogP contribution in [-0.4, -0.2) is 62.9 Å². The highest BCUT2D eigenvalue weighted by atomic mass is 32.2. The first-order chi connectivity index (χ1) is 8.89. The average Bonchev–Trinajstić information content (AvgIpc) is 2.38. The predicted octanol–water partition coefficient (Wildman–Crippen LogP) is -0.993. The van der Waals surface area contributed by atoms with Gasteiger partial charge in [0, 0.05) is 45.3 Å². The van der Waals surface area contributed by atoms with Gasteiger partial charge in [0.15, 0.2) is 0 Å². The minimum Gasteiger partial charge on any atom is -0.381 e. The maximum Gasteiger partial charge on any atom is 0.277 e. The molecule has 2 rings (SSSR count). The van der Waals surface area contributed by atoms with Gasteiger partial charge < -0.3 is 9.64 Å². The van der Waals surface area contributed by atoms with Crippen LogP contribution < -0.4 is 5.14 Å². The van der Waals surface area contributed by atoms with Crippen molar-refractivity contribution in [3.8, 4) is 0 Å². The lowest BCUT2D eigenvalue weighted by molar-refractivity contribution is -0.142. The third-order valence-electron chi connectivity index (χ3n) is 3.87. The van der Waals surface area contributed by atoms with Gasteiger partial charge in [-0.1, -0.05) is 6.92 Å². The fourth-order valence-electron chi connectivity index (χ4n) is 2.64. The Balaban J connectivity index is 1.92. The first-order valence-electron chi connectivity index (χ1n) is 6.54. The lowest BCUT2D eigenvalue weighted by Crippen LogP contribution is -2.54. The van der Waals surface area contributed by atoms with Crippen LogP contribution in [0.25, 0.3) is 0 Å². The molecule has 2 unspecified atom stereocenters. The maximum absolute atomic E-state index is 12.4. The van der Waals surface area contributed by atoms with Crippen LogP contribution in [0.3, 0.4) is 0 Å². The molecule has 2 heterocycles. The molecule has 0 spiro atoms. The van der Waals surface area contributed by atoms with Gasteiger partial charge in [-0.05, 0) is 12.3 Å². The first-order valence-corrected chi connectivity index (χ1v) is 8.04. The molecule has 0 radical (unpaired) electrons. The zero-order valence-corrected chi connectivity index (χ0v) is 11.9. The Morgan fingerprint density at radius 3 is 2.42 bits per heavy atom. The summed E-state index contributed by atoms with van der Waals surface area (Å²) < 4.78 is 28.9. The highest BCUT2D eigenvalue weighted by Gasteiger charge is 2.34. The van der Waals surface area contributed by atoms with Crippen LogP contribution in [0.5, 0.6) is 0 Å². The van der Waals surface area contributed by atoms with Crippen molar-refractivity contribution in [2.45, 2.75) is 13.3 Å². The summed E-state index contributed by atoms with van der Waals surface area (Å²) in [6, 6.07) is 0. The van der Waals surface area contributed by atoms with Crippen LogP contribution >= 0.6 is 0 Å². The van der Waals surface area contributed by atoms with E-state index < -0.39 is 10.2 Å². The van der Waals surface area contributed by atoms with Crippen LogP contribution in [-0.2, 0) is 19.7 Å². The number of piperazine rings is 1. The monoisotopic (exact) mass is 291 g/mol. The van der Waals surface area contributed by atoms with Crippen LogP contribution in [0, 0.1) is 11.8 Å². The van der Waals surface area contributed by atoms with Gasteiger partial charge in [0.2, 0.25) is 5.91 Å². The molecule has 2 fully saturated rings. The first kappa shape index (κ1) is 14.7. The number of hydrogen-bond donors (Lipinski definition) is 1. The number of hydrogen-bond acceptors (Lipinski definition) is 4. The number of nitrogens with zero attached hydrogens (tertiary/aromatic N) is 2. The Kier molecular flexibility index (Phi) is 4.44. The van der Waals surface area contributed by atoms with Gasteiger partial charge in [-0.3, -0.25) is 4.79 Å². The molecule has 2 aliphatic rings. The van der Waals surface area contributed by atoms with E-state index in [4.69, 9.17) is 9.88 Å². The Morgan fingerprint density at radius 2 is 1.89 bits per heavy atom. The molecule has 0 aromatic rings. The van der Waals surface area contributed by atoms with Gasteiger partial charge in [0.25, 0.3) is 10.2 Å². The van der Waals surface area contributed by atoms with Crippen molar-refractivity contribution >= 4 is 16.1 Å². The highest BCUT2D eigenvalue weighted by Crippen LogP contribution is 2.24. The maximum atomic E-state index is 12.4. The summed E-state index contributed by atoms with van der Waals surface area (Å²) in [5, 5.41) is 5.07. The minimum atomic E-state index is -3.64. The molecule has 2 N–H and O–H groups in total. The fourth-order valence-corrected chi connectivity index (χ4v) is 3.32. The largest absolute Gasteiger partial charge is 0.381 e. The summed E-state index contributed by atoms with van der Waals surface area (Å²) in [5.74, 6) is 0.331. The van der Waals surface area contributed by atoms with E-state index in [1.54, 1.807) is 4.90 Å². The zero-order valence-electron chi connectivity index (χ0n) is 11.1. The van der Waals surface area contributed by atoms with E-state index in [9.17, 15) is 13.2 Å². The quantitative estimate of drug-likeness (QED) is 0.706. The van der Waals surface area contributed by atoms with Gasteiger partial charge >= 0.3 is 0 Å². The Morgan fingerprint density at radius 1 is 1.26 bits per heavy atom.